The molecule has 0 N–H and O–H groups in total. The van der Waals surface area contributed by atoms with Crippen LogP contribution in [0.5, 0.6) is 17.2 Å². The first-order valence-corrected chi connectivity index (χ1v) is 11.8. The lowest BCUT2D eigenvalue weighted by atomic mass is 10.1. The molecule has 0 aliphatic carbocycles. The molecule has 0 amide bonds. The maximum absolute atomic E-state index is 12.5. The zero-order valence-corrected chi connectivity index (χ0v) is 19.5. The molecular weight excluding hydrogens is 428 g/mol. The molecule has 2 aromatic rings. The Morgan fingerprint density at radius 1 is 0.875 bits per heavy atom. The molecular formula is C26H32ClO5. The molecule has 2 aromatic carbocycles. The van der Waals surface area contributed by atoms with Gasteiger partial charge in [0.1, 0.15) is 11.5 Å². The van der Waals surface area contributed by atoms with Crippen molar-refractivity contribution in [2.45, 2.75) is 71.1 Å². The van der Waals surface area contributed by atoms with E-state index in [1.807, 2.05) is 6.07 Å². The highest BCUT2D eigenvalue weighted by molar-refractivity contribution is 6.35. The highest BCUT2D eigenvalue weighted by Gasteiger charge is 2.17. The number of hydrogen-bond acceptors (Lipinski definition) is 5. The van der Waals surface area contributed by atoms with Crippen molar-refractivity contribution in [1.82, 2.24) is 0 Å². The van der Waals surface area contributed by atoms with E-state index in [0.717, 1.165) is 12.8 Å². The quantitative estimate of drug-likeness (QED) is 0.150. The van der Waals surface area contributed by atoms with Gasteiger partial charge < -0.3 is 14.2 Å². The van der Waals surface area contributed by atoms with Gasteiger partial charge in [-0.2, -0.15) is 0 Å². The van der Waals surface area contributed by atoms with Gasteiger partial charge in [0.15, 0.2) is 5.75 Å². The van der Waals surface area contributed by atoms with Gasteiger partial charge in [0.05, 0.1) is 17.2 Å². The Bertz CT molecular complexity index is 837. The summed E-state index contributed by atoms with van der Waals surface area (Å²) in [7, 11) is 0. The summed E-state index contributed by atoms with van der Waals surface area (Å²) in [6.45, 7) is 4.16. The molecule has 1 radical (unpaired) electrons. The average Bonchev–Trinajstić information content (AvgIpc) is 2.79. The molecule has 0 aliphatic heterocycles. The predicted molar refractivity (Wildman–Crippen MR) is 127 cm³/mol. The van der Waals surface area contributed by atoms with Crippen LogP contribution in [0.3, 0.4) is 0 Å². The molecule has 2 rings (SSSR count). The van der Waals surface area contributed by atoms with Crippen molar-refractivity contribution >= 4 is 24.0 Å². The largest absolute Gasteiger partial charge is 0.493 e. The normalized spacial score (nSPS) is 10.6. The van der Waals surface area contributed by atoms with Gasteiger partial charge in [-0.3, -0.25) is 0 Å². The van der Waals surface area contributed by atoms with Crippen LogP contribution in [-0.2, 0) is 4.79 Å². The van der Waals surface area contributed by atoms with Crippen molar-refractivity contribution in [3.63, 3.8) is 0 Å². The Hall–Kier alpha value is -2.53. The number of carbonyl (C=O) groups excluding carboxylic acids is 2. The molecule has 0 fully saturated rings. The first kappa shape index (κ1) is 25.7. The molecule has 5 nitrogen and oxygen atoms in total. The van der Waals surface area contributed by atoms with Gasteiger partial charge in [0, 0.05) is 6.07 Å². The van der Waals surface area contributed by atoms with Crippen LogP contribution in [0.2, 0.25) is 5.02 Å². The van der Waals surface area contributed by atoms with Crippen molar-refractivity contribution in [1.29, 1.82) is 0 Å². The SMILES string of the molecule is CCCCCCCCCCCCOc1cccc(OC(=O)c2cccc(O[C]=O)c2Cl)c1. The Balaban J connectivity index is 1.71. The molecule has 173 valence electrons. The third kappa shape index (κ3) is 9.31. The number of rotatable bonds is 16. The van der Waals surface area contributed by atoms with Gasteiger partial charge in [-0.25, -0.2) is 9.59 Å². The lowest BCUT2D eigenvalue weighted by molar-refractivity contribution is 0.0734. The molecule has 0 saturated heterocycles. The second kappa shape index (κ2) is 15.3. The maximum atomic E-state index is 12.5. The smallest absolute Gasteiger partial charge is 0.423 e. The first-order chi connectivity index (χ1) is 15.7. The number of esters is 1. The highest BCUT2D eigenvalue weighted by atomic mass is 35.5. The van der Waals surface area contributed by atoms with Gasteiger partial charge in [0.25, 0.3) is 0 Å². The number of halogens is 1. The van der Waals surface area contributed by atoms with Crippen molar-refractivity contribution in [2.75, 3.05) is 6.61 Å². The summed E-state index contributed by atoms with van der Waals surface area (Å²) >= 11 is 6.11. The summed E-state index contributed by atoms with van der Waals surface area (Å²) in [6.07, 6.45) is 12.7. The highest BCUT2D eigenvalue weighted by Crippen LogP contribution is 2.29. The fourth-order valence-electron chi connectivity index (χ4n) is 3.36. The van der Waals surface area contributed by atoms with Gasteiger partial charge in [-0.1, -0.05) is 88.4 Å². The predicted octanol–water partition coefficient (Wildman–Crippen LogP) is 7.30. The van der Waals surface area contributed by atoms with E-state index in [2.05, 4.69) is 11.7 Å². The standard InChI is InChI=1S/C26H32ClO5/c1-2-3-4-5-6-7-8-9-10-11-18-30-21-14-12-15-22(19-21)32-26(29)23-16-13-17-24(25(23)27)31-20-28/h12-17,19H,2-11,18H2,1H3. The van der Waals surface area contributed by atoms with Crippen LogP contribution < -0.4 is 14.2 Å². The minimum Gasteiger partial charge on any atom is -0.493 e. The maximum Gasteiger partial charge on any atom is 0.423 e. The third-order valence-corrected chi connectivity index (χ3v) is 5.51. The minimum absolute atomic E-state index is 0.00536. The molecule has 32 heavy (non-hydrogen) atoms. The van der Waals surface area contributed by atoms with Gasteiger partial charge in [-0.05, 0) is 30.7 Å². The molecule has 0 spiro atoms. The van der Waals surface area contributed by atoms with Crippen LogP contribution in [0.15, 0.2) is 42.5 Å². The second-order valence-corrected chi connectivity index (χ2v) is 8.08. The molecule has 6 heteroatoms. The van der Waals surface area contributed by atoms with E-state index < -0.39 is 5.97 Å². The summed E-state index contributed by atoms with van der Waals surface area (Å²) in [5.74, 6) is 0.382. The fourth-order valence-corrected chi connectivity index (χ4v) is 3.60. The summed E-state index contributed by atoms with van der Waals surface area (Å²) in [5, 5.41) is -0.00536. The Kier molecular flexibility index (Phi) is 12.3. The van der Waals surface area contributed by atoms with Gasteiger partial charge in [0.2, 0.25) is 0 Å². The molecule has 0 aromatic heterocycles. The number of ether oxygens (including phenoxy) is 3. The van der Waals surface area contributed by atoms with Crippen molar-refractivity contribution < 1.29 is 23.8 Å². The van der Waals surface area contributed by atoms with Crippen LogP contribution in [0.25, 0.3) is 0 Å². The van der Waals surface area contributed by atoms with E-state index in [1.54, 1.807) is 24.3 Å². The average molecular weight is 460 g/mol. The molecule has 0 aliphatic rings. The molecule has 0 unspecified atom stereocenters. The van der Waals surface area contributed by atoms with E-state index in [4.69, 9.17) is 21.1 Å². The molecule has 0 atom stereocenters. The minimum atomic E-state index is -0.654. The number of hydrogen-bond donors (Lipinski definition) is 0. The summed E-state index contributed by atoms with van der Waals surface area (Å²) in [5.41, 5.74) is 0.0936. The van der Waals surface area contributed by atoms with Crippen molar-refractivity contribution in [3.8, 4) is 17.2 Å². The van der Waals surface area contributed by atoms with Crippen LogP contribution in [0, 0.1) is 0 Å². The topological polar surface area (TPSA) is 61.8 Å². The lowest BCUT2D eigenvalue weighted by Gasteiger charge is -2.10. The Morgan fingerprint density at radius 3 is 2.19 bits per heavy atom. The Morgan fingerprint density at radius 2 is 1.50 bits per heavy atom. The zero-order chi connectivity index (χ0) is 23.0. The third-order valence-electron chi connectivity index (χ3n) is 5.12. The van der Waals surface area contributed by atoms with Crippen molar-refractivity contribution in [2.24, 2.45) is 0 Å². The number of carbonyl (C=O) groups is 1. The van der Waals surface area contributed by atoms with E-state index in [0.29, 0.717) is 18.1 Å². The molecule has 0 bridgehead atoms. The monoisotopic (exact) mass is 459 g/mol. The number of benzene rings is 2. The first-order valence-electron chi connectivity index (χ1n) is 11.4. The van der Waals surface area contributed by atoms with Crippen LogP contribution >= 0.6 is 11.6 Å². The Labute approximate surface area is 196 Å². The van der Waals surface area contributed by atoms with Gasteiger partial charge >= 0.3 is 12.4 Å². The number of unbranched alkanes of at least 4 members (excludes halogenated alkanes) is 9. The molecule has 0 heterocycles. The van der Waals surface area contributed by atoms with Gasteiger partial charge in [-0.15, -0.1) is 0 Å². The fraction of sp³-hybridized carbons (Fsp3) is 0.462. The van der Waals surface area contributed by atoms with Crippen LogP contribution in [0.1, 0.15) is 81.5 Å². The van der Waals surface area contributed by atoms with Crippen LogP contribution in [0.4, 0.5) is 0 Å². The summed E-state index contributed by atoms with van der Waals surface area (Å²) in [6, 6.07) is 11.4. The lowest BCUT2D eigenvalue weighted by Crippen LogP contribution is -2.10. The van der Waals surface area contributed by atoms with Crippen LogP contribution in [-0.4, -0.2) is 19.0 Å². The van der Waals surface area contributed by atoms with E-state index in [9.17, 15) is 9.59 Å². The summed E-state index contributed by atoms with van der Waals surface area (Å²) in [4.78, 5) is 22.9. The van der Waals surface area contributed by atoms with E-state index in [-0.39, 0.29) is 16.3 Å². The summed E-state index contributed by atoms with van der Waals surface area (Å²) < 4.78 is 15.8. The van der Waals surface area contributed by atoms with Crippen molar-refractivity contribution in [3.05, 3.63) is 53.1 Å². The molecule has 0 saturated carbocycles. The zero-order valence-electron chi connectivity index (χ0n) is 18.7. The van der Waals surface area contributed by atoms with E-state index >= 15 is 0 Å². The van der Waals surface area contributed by atoms with E-state index in [1.165, 1.54) is 70.0 Å². The second-order valence-electron chi connectivity index (χ2n) is 7.70.